The highest BCUT2D eigenvalue weighted by atomic mass is 15.1. The average Bonchev–Trinajstić information content (AvgIpc) is 2.64. The molecule has 1 fully saturated rings. The molecule has 1 atom stereocenters. The number of nitrogens with zero attached hydrogens (tertiary/aromatic N) is 1. The Hall–Kier alpha value is -0.520. The van der Waals surface area contributed by atoms with Gasteiger partial charge >= 0.3 is 0 Å². The minimum Gasteiger partial charge on any atom is -0.304 e. The molecule has 1 unspecified atom stereocenters. The standard InChI is InChI=1S/C11H20N2/c1-3-11(2)12-7-6-10-13-8-4-5-9-13/h1,11-12H,4-10H2,2H3. The maximum absolute atomic E-state index is 5.25. The Bertz CT molecular complexity index is 165. The maximum atomic E-state index is 5.25. The molecule has 2 nitrogen and oxygen atoms in total. The zero-order chi connectivity index (χ0) is 9.52. The Morgan fingerprint density at radius 3 is 2.77 bits per heavy atom. The summed E-state index contributed by atoms with van der Waals surface area (Å²) in [7, 11) is 0. The molecule has 13 heavy (non-hydrogen) atoms. The van der Waals surface area contributed by atoms with Crippen molar-refractivity contribution in [1.82, 2.24) is 10.2 Å². The van der Waals surface area contributed by atoms with Crippen LogP contribution in [0.3, 0.4) is 0 Å². The van der Waals surface area contributed by atoms with E-state index in [1.165, 1.54) is 38.9 Å². The number of terminal acetylenes is 1. The number of likely N-dealkylation sites (tertiary alicyclic amines) is 1. The van der Waals surface area contributed by atoms with E-state index in [0.29, 0.717) is 0 Å². The van der Waals surface area contributed by atoms with Gasteiger partial charge in [0.25, 0.3) is 0 Å². The Morgan fingerprint density at radius 1 is 1.46 bits per heavy atom. The van der Waals surface area contributed by atoms with E-state index in [1.54, 1.807) is 0 Å². The normalized spacial score (nSPS) is 20.0. The number of hydrogen-bond acceptors (Lipinski definition) is 2. The monoisotopic (exact) mass is 180 g/mol. The molecule has 2 heteroatoms. The van der Waals surface area contributed by atoms with E-state index >= 15 is 0 Å². The van der Waals surface area contributed by atoms with Gasteiger partial charge in [-0.2, -0.15) is 0 Å². The fourth-order valence-electron chi connectivity index (χ4n) is 1.69. The van der Waals surface area contributed by atoms with Crippen LogP contribution in [0, 0.1) is 12.3 Å². The molecule has 74 valence electrons. The fraction of sp³-hybridized carbons (Fsp3) is 0.818. The molecule has 1 aliphatic rings. The first-order chi connectivity index (χ1) is 6.33. The summed E-state index contributed by atoms with van der Waals surface area (Å²) in [5.41, 5.74) is 0. The molecule has 0 aliphatic carbocycles. The second-order valence-corrected chi connectivity index (χ2v) is 3.74. The Kier molecular flexibility index (Phi) is 4.88. The van der Waals surface area contributed by atoms with Crippen molar-refractivity contribution in [2.45, 2.75) is 32.2 Å². The van der Waals surface area contributed by atoms with Crippen LogP contribution in [0.1, 0.15) is 26.2 Å². The lowest BCUT2D eigenvalue weighted by molar-refractivity contribution is 0.330. The van der Waals surface area contributed by atoms with E-state index in [1.807, 2.05) is 6.92 Å². The summed E-state index contributed by atoms with van der Waals surface area (Å²) >= 11 is 0. The summed E-state index contributed by atoms with van der Waals surface area (Å²) in [5.74, 6) is 2.67. The minimum atomic E-state index is 0.221. The topological polar surface area (TPSA) is 15.3 Å². The van der Waals surface area contributed by atoms with Crippen LogP contribution in [-0.2, 0) is 0 Å². The highest BCUT2D eigenvalue weighted by molar-refractivity contribution is 4.95. The second-order valence-electron chi connectivity index (χ2n) is 3.74. The lowest BCUT2D eigenvalue weighted by Crippen LogP contribution is -2.29. The van der Waals surface area contributed by atoms with Gasteiger partial charge in [0, 0.05) is 0 Å². The molecule has 0 aromatic rings. The number of nitrogens with one attached hydrogen (secondary N) is 1. The zero-order valence-corrected chi connectivity index (χ0v) is 8.55. The molecule has 0 aromatic heterocycles. The van der Waals surface area contributed by atoms with Gasteiger partial charge in [0.15, 0.2) is 0 Å². The zero-order valence-electron chi connectivity index (χ0n) is 8.55. The predicted molar refractivity (Wildman–Crippen MR) is 56.6 cm³/mol. The summed E-state index contributed by atoms with van der Waals surface area (Å²) < 4.78 is 0. The predicted octanol–water partition coefficient (Wildman–Crippen LogP) is 1.08. The number of hydrogen-bond donors (Lipinski definition) is 1. The second kappa shape index (κ2) is 6.01. The Balaban J connectivity index is 1.92. The van der Waals surface area contributed by atoms with Crippen molar-refractivity contribution in [1.29, 1.82) is 0 Å². The van der Waals surface area contributed by atoms with Gasteiger partial charge in [-0.25, -0.2) is 0 Å². The van der Waals surface area contributed by atoms with Crippen molar-refractivity contribution >= 4 is 0 Å². The molecule has 0 amide bonds. The van der Waals surface area contributed by atoms with Crippen LogP contribution in [0.2, 0.25) is 0 Å². The largest absolute Gasteiger partial charge is 0.304 e. The first kappa shape index (κ1) is 10.6. The van der Waals surface area contributed by atoms with Crippen LogP contribution < -0.4 is 5.32 Å². The Morgan fingerprint density at radius 2 is 2.15 bits per heavy atom. The van der Waals surface area contributed by atoms with Crippen molar-refractivity contribution in [3.8, 4) is 12.3 Å². The van der Waals surface area contributed by atoms with Gasteiger partial charge < -0.3 is 10.2 Å². The quantitative estimate of drug-likeness (QED) is 0.503. The van der Waals surface area contributed by atoms with Crippen molar-refractivity contribution in [2.24, 2.45) is 0 Å². The van der Waals surface area contributed by atoms with Crippen LogP contribution in [0.5, 0.6) is 0 Å². The molecular weight excluding hydrogens is 160 g/mol. The van der Waals surface area contributed by atoms with Gasteiger partial charge in [0.1, 0.15) is 0 Å². The molecule has 1 N–H and O–H groups in total. The summed E-state index contributed by atoms with van der Waals surface area (Å²) in [5, 5.41) is 3.29. The fourth-order valence-corrected chi connectivity index (χ4v) is 1.69. The number of rotatable bonds is 5. The van der Waals surface area contributed by atoms with E-state index in [0.717, 1.165) is 6.54 Å². The molecule has 1 saturated heterocycles. The van der Waals surface area contributed by atoms with Crippen LogP contribution in [0.25, 0.3) is 0 Å². The summed E-state index contributed by atoms with van der Waals surface area (Å²) in [6.07, 6.45) is 9.23. The lowest BCUT2D eigenvalue weighted by Gasteiger charge is -2.14. The van der Waals surface area contributed by atoms with Crippen LogP contribution in [0.4, 0.5) is 0 Å². The van der Waals surface area contributed by atoms with Crippen LogP contribution in [-0.4, -0.2) is 37.1 Å². The third-order valence-corrected chi connectivity index (χ3v) is 2.55. The first-order valence-corrected chi connectivity index (χ1v) is 5.25. The van der Waals surface area contributed by atoms with E-state index < -0.39 is 0 Å². The van der Waals surface area contributed by atoms with Gasteiger partial charge in [0.2, 0.25) is 0 Å². The minimum absolute atomic E-state index is 0.221. The highest BCUT2D eigenvalue weighted by Gasteiger charge is 2.09. The van der Waals surface area contributed by atoms with E-state index in [9.17, 15) is 0 Å². The Labute approximate surface area is 81.7 Å². The van der Waals surface area contributed by atoms with Crippen LogP contribution >= 0.6 is 0 Å². The van der Waals surface area contributed by atoms with E-state index in [4.69, 9.17) is 6.42 Å². The van der Waals surface area contributed by atoms with E-state index in [2.05, 4.69) is 16.1 Å². The first-order valence-electron chi connectivity index (χ1n) is 5.25. The van der Waals surface area contributed by atoms with Crippen LogP contribution in [0.15, 0.2) is 0 Å². The van der Waals surface area contributed by atoms with Crippen molar-refractivity contribution in [2.75, 3.05) is 26.2 Å². The summed E-state index contributed by atoms with van der Waals surface area (Å²) in [4.78, 5) is 2.53. The third kappa shape index (κ3) is 4.31. The lowest BCUT2D eigenvalue weighted by atomic mass is 10.3. The van der Waals surface area contributed by atoms with Crippen molar-refractivity contribution < 1.29 is 0 Å². The van der Waals surface area contributed by atoms with Gasteiger partial charge in [-0.05, 0) is 52.4 Å². The smallest absolute Gasteiger partial charge is 0.0658 e. The highest BCUT2D eigenvalue weighted by Crippen LogP contribution is 2.06. The van der Waals surface area contributed by atoms with Crippen molar-refractivity contribution in [3.63, 3.8) is 0 Å². The molecule has 0 saturated carbocycles. The molecule has 0 spiro atoms. The van der Waals surface area contributed by atoms with Gasteiger partial charge in [-0.1, -0.05) is 5.92 Å². The molecule has 0 radical (unpaired) electrons. The van der Waals surface area contributed by atoms with Gasteiger partial charge in [-0.15, -0.1) is 6.42 Å². The van der Waals surface area contributed by atoms with E-state index in [-0.39, 0.29) is 6.04 Å². The van der Waals surface area contributed by atoms with Gasteiger partial charge in [0.05, 0.1) is 6.04 Å². The average molecular weight is 180 g/mol. The summed E-state index contributed by atoms with van der Waals surface area (Å²) in [6.45, 7) is 6.89. The SMILES string of the molecule is C#CC(C)NCCCN1CCCC1. The third-order valence-electron chi connectivity index (χ3n) is 2.55. The molecule has 0 bridgehead atoms. The maximum Gasteiger partial charge on any atom is 0.0658 e. The molecule has 1 rings (SSSR count). The molecule has 0 aromatic carbocycles. The van der Waals surface area contributed by atoms with Gasteiger partial charge in [-0.3, -0.25) is 0 Å². The molecular formula is C11H20N2. The molecule has 1 heterocycles. The summed E-state index contributed by atoms with van der Waals surface area (Å²) in [6, 6.07) is 0.221. The molecule has 1 aliphatic heterocycles. The van der Waals surface area contributed by atoms with Crippen molar-refractivity contribution in [3.05, 3.63) is 0 Å².